The molecule has 14 heavy (non-hydrogen) atoms. The fraction of sp³-hybridized carbons (Fsp3) is 0.250. The number of ether oxygens (including phenoxy) is 1. The van der Waals surface area contributed by atoms with Gasteiger partial charge in [-0.3, -0.25) is 5.32 Å². The number of hydrogen-bond donors (Lipinski definition) is 3. The lowest BCUT2D eigenvalue weighted by Crippen LogP contribution is -2.12. The lowest BCUT2D eigenvalue weighted by atomic mass is 10.3. The van der Waals surface area contributed by atoms with E-state index < -0.39 is 6.09 Å². The lowest BCUT2D eigenvalue weighted by molar-refractivity contribution is 0.187. The number of methoxy groups -OCH3 is 1. The first-order valence-corrected chi connectivity index (χ1v) is 4.68. The van der Waals surface area contributed by atoms with Gasteiger partial charge in [0.25, 0.3) is 0 Å². The summed E-state index contributed by atoms with van der Waals surface area (Å²) in [6.07, 6.45) is -0.540. The molecule has 1 aromatic heterocycles. The molecule has 0 aliphatic carbocycles. The molecule has 1 aromatic rings. The zero-order valence-electron chi connectivity index (χ0n) is 7.75. The standard InChI is InChI=1S/C8H10N2O2S2/c1-4-7(14)5(13)3-6(9-4)10-8(11)12-2/h3,14H,1-2H3,(H2,9,10,11,13). The Hall–Kier alpha value is -1.01. The van der Waals surface area contributed by atoms with Crippen molar-refractivity contribution >= 4 is 36.8 Å². The molecule has 76 valence electrons. The van der Waals surface area contributed by atoms with Gasteiger partial charge in [0.1, 0.15) is 5.82 Å². The van der Waals surface area contributed by atoms with Crippen molar-refractivity contribution in [2.75, 3.05) is 12.4 Å². The molecule has 0 bridgehead atoms. The van der Waals surface area contributed by atoms with Gasteiger partial charge >= 0.3 is 6.09 Å². The maximum atomic E-state index is 10.9. The third-order valence-electron chi connectivity index (χ3n) is 1.61. The van der Waals surface area contributed by atoms with Crippen molar-refractivity contribution in [2.24, 2.45) is 0 Å². The lowest BCUT2D eigenvalue weighted by Gasteiger charge is -2.06. The molecule has 0 fully saturated rings. The van der Waals surface area contributed by atoms with Crippen molar-refractivity contribution in [1.29, 1.82) is 0 Å². The molecular formula is C8H10N2O2S2. The summed E-state index contributed by atoms with van der Waals surface area (Å²) in [5, 5.41) is 2.48. The molecule has 0 atom stereocenters. The van der Waals surface area contributed by atoms with Crippen LogP contribution in [0.1, 0.15) is 5.69 Å². The Bertz CT molecular complexity index is 414. The van der Waals surface area contributed by atoms with Gasteiger partial charge in [0, 0.05) is 10.6 Å². The van der Waals surface area contributed by atoms with Crippen LogP contribution in [0.3, 0.4) is 0 Å². The molecule has 1 rings (SSSR count). The average Bonchev–Trinajstić information content (AvgIpc) is 2.14. The van der Waals surface area contributed by atoms with Crippen molar-refractivity contribution in [3.63, 3.8) is 0 Å². The van der Waals surface area contributed by atoms with Gasteiger partial charge in [-0.15, -0.1) is 12.6 Å². The molecule has 0 aliphatic heterocycles. The van der Waals surface area contributed by atoms with Gasteiger partial charge in [0.2, 0.25) is 0 Å². The van der Waals surface area contributed by atoms with E-state index in [4.69, 9.17) is 12.2 Å². The number of H-pyrrole nitrogens is 1. The molecule has 4 nitrogen and oxygen atoms in total. The molecule has 2 N–H and O–H groups in total. The fourth-order valence-electron chi connectivity index (χ4n) is 0.910. The minimum absolute atomic E-state index is 0.497. The Balaban J connectivity index is 3.01. The zero-order valence-corrected chi connectivity index (χ0v) is 9.46. The summed E-state index contributed by atoms with van der Waals surface area (Å²) < 4.78 is 5.02. The van der Waals surface area contributed by atoms with Crippen molar-refractivity contribution in [3.05, 3.63) is 16.3 Å². The van der Waals surface area contributed by atoms with Gasteiger partial charge in [-0.25, -0.2) is 4.79 Å². The fourth-order valence-corrected chi connectivity index (χ4v) is 1.30. The summed E-state index contributed by atoms with van der Waals surface area (Å²) in [5.74, 6) is 0.497. The molecule has 0 spiro atoms. The summed E-state index contributed by atoms with van der Waals surface area (Å²) in [5.41, 5.74) is 0.798. The maximum Gasteiger partial charge on any atom is 0.412 e. The zero-order chi connectivity index (χ0) is 10.7. The predicted molar refractivity (Wildman–Crippen MR) is 59.6 cm³/mol. The molecule has 1 amide bonds. The molecular weight excluding hydrogens is 220 g/mol. The molecule has 6 heteroatoms. The highest BCUT2D eigenvalue weighted by Crippen LogP contribution is 2.16. The number of aryl methyl sites for hydroxylation is 1. The van der Waals surface area contributed by atoms with E-state index in [2.05, 4.69) is 27.7 Å². The number of aromatic nitrogens is 1. The normalized spacial score (nSPS) is 9.64. The minimum Gasteiger partial charge on any atom is -0.453 e. The summed E-state index contributed by atoms with van der Waals surface area (Å²) >= 11 is 9.22. The van der Waals surface area contributed by atoms with E-state index in [0.717, 1.165) is 5.69 Å². The number of hydrogen-bond acceptors (Lipinski definition) is 4. The van der Waals surface area contributed by atoms with Crippen molar-refractivity contribution in [3.8, 4) is 0 Å². The molecule has 0 radical (unpaired) electrons. The minimum atomic E-state index is -0.540. The Morgan fingerprint density at radius 3 is 2.86 bits per heavy atom. The Morgan fingerprint density at radius 2 is 2.36 bits per heavy atom. The summed E-state index contributed by atoms with van der Waals surface area (Å²) in [7, 11) is 1.30. The second-order valence-electron chi connectivity index (χ2n) is 2.64. The topological polar surface area (TPSA) is 54.1 Å². The van der Waals surface area contributed by atoms with E-state index >= 15 is 0 Å². The Kier molecular flexibility index (Phi) is 3.54. The molecule has 0 saturated heterocycles. The predicted octanol–water partition coefficient (Wildman–Crippen LogP) is 2.52. The van der Waals surface area contributed by atoms with Gasteiger partial charge in [-0.1, -0.05) is 12.2 Å². The van der Waals surface area contributed by atoms with Gasteiger partial charge in [-0.05, 0) is 13.0 Å². The third-order valence-corrected chi connectivity index (χ3v) is 2.66. The van der Waals surface area contributed by atoms with E-state index in [1.807, 2.05) is 6.92 Å². The first-order valence-electron chi connectivity index (χ1n) is 3.82. The molecule has 0 unspecified atom stereocenters. The Morgan fingerprint density at radius 1 is 1.71 bits per heavy atom. The van der Waals surface area contributed by atoms with Crippen LogP contribution in [0.5, 0.6) is 0 Å². The van der Waals surface area contributed by atoms with Crippen LogP contribution in [0, 0.1) is 11.4 Å². The highest BCUT2D eigenvalue weighted by Gasteiger charge is 2.03. The van der Waals surface area contributed by atoms with Crippen LogP contribution in [0.25, 0.3) is 0 Å². The average molecular weight is 230 g/mol. The van der Waals surface area contributed by atoms with Crippen LogP contribution in [0.4, 0.5) is 10.6 Å². The van der Waals surface area contributed by atoms with E-state index in [-0.39, 0.29) is 0 Å². The van der Waals surface area contributed by atoms with Crippen molar-refractivity contribution in [2.45, 2.75) is 11.8 Å². The summed E-state index contributed by atoms with van der Waals surface area (Å²) in [6, 6.07) is 1.61. The number of aromatic amines is 1. The quantitative estimate of drug-likeness (QED) is 0.513. The van der Waals surface area contributed by atoms with E-state index in [1.54, 1.807) is 6.07 Å². The highest BCUT2D eigenvalue weighted by atomic mass is 32.1. The number of carbonyl (C=O) groups is 1. The van der Waals surface area contributed by atoms with Crippen LogP contribution in [-0.2, 0) is 4.74 Å². The maximum absolute atomic E-state index is 10.9. The summed E-state index contributed by atoms with van der Waals surface area (Å²) in [6.45, 7) is 1.82. The van der Waals surface area contributed by atoms with Crippen LogP contribution < -0.4 is 5.32 Å². The summed E-state index contributed by atoms with van der Waals surface area (Å²) in [4.78, 5) is 14.5. The van der Waals surface area contributed by atoms with Gasteiger partial charge in [0.15, 0.2) is 0 Å². The molecule has 0 saturated carbocycles. The molecule has 0 aromatic carbocycles. The largest absolute Gasteiger partial charge is 0.453 e. The SMILES string of the molecule is COC(=O)Nc1cc(=S)c(S)c(C)[nH]1. The van der Waals surface area contributed by atoms with Crippen LogP contribution in [-0.4, -0.2) is 18.2 Å². The van der Waals surface area contributed by atoms with E-state index in [0.29, 0.717) is 15.2 Å². The number of amides is 1. The Labute approximate surface area is 92.1 Å². The first-order chi connectivity index (χ1) is 6.54. The molecule has 1 heterocycles. The van der Waals surface area contributed by atoms with Crippen LogP contribution >= 0.6 is 24.8 Å². The number of carbonyl (C=O) groups excluding carboxylic acids is 1. The smallest absolute Gasteiger partial charge is 0.412 e. The van der Waals surface area contributed by atoms with E-state index in [9.17, 15) is 4.79 Å². The second-order valence-corrected chi connectivity index (χ2v) is 3.52. The van der Waals surface area contributed by atoms with Gasteiger partial charge in [0.05, 0.1) is 11.6 Å². The van der Waals surface area contributed by atoms with Crippen molar-refractivity contribution < 1.29 is 9.53 Å². The number of pyridine rings is 1. The van der Waals surface area contributed by atoms with E-state index in [1.165, 1.54) is 7.11 Å². The third kappa shape index (κ3) is 2.49. The van der Waals surface area contributed by atoms with Crippen LogP contribution in [0.2, 0.25) is 0 Å². The first kappa shape index (κ1) is 11.1. The van der Waals surface area contributed by atoms with Gasteiger partial charge in [-0.2, -0.15) is 0 Å². The van der Waals surface area contributed by atoms with Crippen LogP contribution in [0.15, 0.2) is 11.0 Å². The second kappa shape index (κ2) is 4.47. The molecule has 0 aliphatic rings. The van der Waals surface area contributed by atoms with Crippen molar-refractivity contribution in [1.82, 2.24) is 4.98 Å². The highest BCUT2D eigenvalue weighted by molar-refractivity contribution is 7.81. The number of nitrogens with one attached hydrogen (secondary N) is 2. The monoisotopic (exact) mass is 230 g/mol. The number of rotatable bonds is 1. The number of thiol groups is 1. The number of anilines is 1. The van der Waals surface area contributed by atoms with Gasteiger partial charge < -0.3 is 9.72 Å².